The van der Waals surface area contributed by atoms with Crippen LogP contribution in [0.1, 0.15) is 30.4 Å². The molecular weight excluding hydrogens is 403 g/mol. The van der Waals surface area contributed by atoms with E-state index in [0.29, 0.717) is 23.9 Å². The zero-order valence-corrected chi connectivity index (χ0v) is 16.4. The fourth-order valence-electron chi connectivity index (χ4n) is 3.15. The zero-order chi connectivity index (χ0) is 18.0. The SMILES string of the molecule is O=C1C2=CCCCC2C(=O)N1SC(Cl)(Cl)Cl.c1ccc2c(c1)CNC2. The van der Waals surface area contributed by atoms with Gasteiger partial charge in [-0.1, -0.05) is 65.1 Å². The van der Waals surface area contributed by atoms with Crippen molar-refractivity contribution in [2.45, 2.75) is 35.5 Å². The number of nitrogens with zero attached hydrogens (tertiary/aromatic N) is 1. The van der Waals surface area contributed by atoms with Crippen molar-refractivity contribution in [1.29, 1.82) is 0 Å². The van der Waals surface area contributed by atoms with Crippen LogP contribution >= 0.6 is 46.8 Å². The van der Waals surface area contributed by atoms with Gasteiger partial charge in [-0.15, -0.1) is 0 Å². The predicted molar refractivity (Wildman–Crippen MR) is 102 cm³/mol. The summed E-state index contributed by atoms with van der Waals surface area (Å²) in [5.74, 6) is -0.945. The van der Waals surface area contributed by atoms with E-state index in [4.69, 9.17) is 34.8 Å². The van der Waals surface area contributed by atoms with E-state index in [0.717, 1.165) is 30.2 Å². The van der Waals surface area contributed by atoms with Crippen LogP contribution in [-0.2, 0) is 22.7 Å². The number of hydrogen-bond donors (Lipinski definition) is 1. The number of hydrogen-bond acceptors (Lipinski definition) is 4. The summed E-state index contributed by atoms with van der Waals surface area (Å²) < 4.78 is -0.728. The van der Waals surface area contributed by atoms with E-state index in [2.05, 4.69) is 29.6 Å². The molecule has 1 aromatic carbocycles. The van der Waals surface area contributed by atoms with Crippen LogP contribution in [0, 0.1) is 5.92 Å². The van der Waals surface area contributed by atoms with Gasteiger partial charge in [0, 0.05) is 30.6 Å². The van der Waals surface area contributed by atoms with Crippen LogP contribution < -0.4 is 5.32 Å². The summed E-state index contributed by atoms with van der Waals surface area (Å²) in [4.78, 5) is 23.8. The Morgan fingerprint density at radius 1 is 1.12 bits per heavy atom. The molecule has 0 bridgehead atoms. The third-order valence-corrected chi connectivity index (χ3v) is 5.67. The van der Waals surface area contributed by atoms with Crippen molar-refractivity contribution in [2.75, 3.05) is 0 Å². The summed E-state index contributed by atoms with van der Waals surface area (Å²) in [5, 5.41) is 3.29. The first-order valence-corrected chi connectivity index (χ1v) is 9.89. The Balaban J connectivity index is 0.000000170. The van der Waals surface area contributed by atoms with Crippen LogP contribution in [0.25, 0.3) is 0 Å². The molecule has 4 nitrogen and oxygen atoms in total. The van der Waals surface area contributed by atoms with Crippen molar-refractivity contribution in [3.8, 4) is 0 Å². The lowest BCUT2D eigenvalue weighted by Crippen LogP contribution is -2.26. The highest BCUT2D eigenvalue weighted by molar-refractivity contribution is 8.03. The minimum Gasteiger partial charge on any atom is -0.309 e. The molecule has 25 heavy (non-hydrogen) atoms. The number of halogens is 3. The Hall–Kier alpha value is -0.720. The number of alkyl halides is 3. The largest absolute Gasteiger partial charge is 0.309 e. The highest BCUT2D eigenvalue weighted by Crippen LogP contribution is 2.46. The summed E-state index contributed by atoms with van der Waals surface area (Å²) in [7, 11) is 0. The maximum absolute atomic E-state index is 11.9. The van der Waals surface area contributed by atoms with Crippen molar-refractivity contribution in [3.63, 3.8) is 0 Å². The van der Waals surface area contributed by atoms with E-state index in [-0.39, 0.29) is 17.7 Å². The second-order valence-electron chi connectivity index (χ2n) is 5.99. The lowest BCUT2D eigenvalue weighted by atomic mass is 9.90. The highest BCUT2D eigenvalue weighted by atomic mass is 35.6. The minimum atomic E-state index is -1.70. The van der Waals surface area contributed by atoms with Gasteiger partial charge in [-0.2, -0.15) is 0 Å². The van der Waals surface area contributed by atoms with Gasteiger partial charge < -0.3 is 5.32 Å². The molecule has 0 aromatic heterocycles. The number of imide groups is 1. The Kier molecular flexibility index (Phi) is 6.01. The summed E-state index contributed by atoms with van der Waals surface area (Å²) in [5.41, 5.74) is 3.47. The lowest BCUT2D eigenvalue weighted by Gasteiger charge is -2.17. The third-order valence-electron chi connectivity index (χ3n) is 4.31. The summed E-state index contributed by atoms with van der Waals surface area (Å²) in [6, 6.07) is 8.53. The first kappa shape index (κ1) is 19.1. The smallest absolute Gasteiger partial charge is 0.267 e. The van der Waals surface area contributed by atoms with Crippen molar-refractivity contribution in [2.24, 2.45) is 5.92 Å². The van der Waals surface area contributed by atoms with Crippen molar-refractivity contribution < 1.29 is 9.59 Å². The van der Waals surface area contributed by atoms with Crippen LogP contribution in [0.3, 0.4) is 0 Å². The first-order chi connectivity index (χ1) is 11.9. The van der Waals surface area contributed by atoms with Crippen LogP contribution in [0.2, 0.25) is 0 Å². The van der Waals surface area contributed by atoms with Crippen LogP contribution in [0.15, 0.2) is 35.9 Å². The lowest BCUT2D eigenvalue weighted by molar-refractivity contribution is -0.132. The number of allylic oxidation sites excluding steroid dienone is 1. The van der Waals surface area contributed by atoms with Crippen molar-refractivity contribution >= 4 is 58.6 Å². The summed E-state index contributed by atoms with van der Waals surface area (Å²) in [6.07, 6.45) is 4.26. The second kappa shape index (κ2) is 7.89. The molecule has 0 spiro atoms. The molecular formula is C17H17Cl3N2O2S. The molecule has 2 amide bonds. The molecule has 1 saturated heterocycles. The van der Waals surface area contributed by atoms with Crippen molar-refractivity contribution in [1.82, 2.24) is 9.62 Å². The van der Waals surface area contributed by atoms with Gasteiger partial charge >= 0.3 is 0 Å². The molecule has 8 heteroatoms. The molecule has 1 aromatic rings. The van der Waals surface area contributed by atoms with E-state index in [1.807, 2.05) is 6.08 Å². The topological polar surface area (TPSA) is 49.4 Å². The fourth-order valence-corrected chi connectivity index (χ4v) is 4.39. The molecule has 1 atom stereocenters. The molecule has 2 heterocycles. The number of rotatable bonds is 1. The van der Waals surface area contributed by atoms with Gasteiger partial charge in [0.1, 0.15) is 0 Å². The van der Waals surface area contributed by atoms with Gasteiger partial charge in [-0.05, 0) is 30.4 Å². The Labute approximate surface area is 166 Å². The molecule has 4 rings (SSSR count). The molecule has 134 valence electrons. The van der Waals surface area contributed by atoms with Gasteiger partial charge in [0.05, 0.1) is 5.92 Å². The third kappa shape index (κ3) is 4.52. The van der Waals surface area contributed by atoms with Crippen LogP contribution in [-0.4, -0.2) is 19.2 Å². The molecule has 1 aliphatic carbocycles. The molecule has 3 aliphatic rings. The van der Waals surface area contributed by atoms with Gasteiger partial charge in [0.2, 0.25) is 5.91 Å². The quantitative estimate of drug-likeness (QED) is 0.418. The van der Waals surface area contributed by atoms with E-state index in [1.54, 1.807) is 0 Å². The maximum Gasteiger partial charge on any atom is 0.267 e. The van der Waals surface area contributed by atoms with Gasteiger partial charge in [-0.3, -0.25) is 9.59 Å². The van der Waals surface area contributed by atoms with Crippen LogP contribution in [0.4, 0.5) is 0 Å². The average Bonchev–Trinajstić information content (AvgIpc) is 3.14. The highest BCUT2D eigenvalue weighted by Gasteiger charge is 2.47. The van der Waals surface area contributed by atoms with E-state index in [1.165, 1.54) is 11.1 Å². The molecule has 0 radical (unpaired) electrons. The predicted octanol–water partition coefficient (Wildman–Crippen LogP) is 4.35. The van der Waals surface area contributed by atoms with Gasteiger partial charge in [0.25, 0.3) is 9.03 Å². The zero-order valence-electron chi connectivity index (χ0n) is 13.3. The Morgan fingerprint density at radius 2 is 1.76 bits per heavy atom. The molecule has 1 N–H and O–H groups in total. The van der Waals surface area contributed by atoms with Gasteiger partial charge in [0.15, 0.2) is 0 Å². The average molecular weight is 420 g/mol. The standard InChI is InChI=1S/C9H8Cl3NO2S.C8H9N/c10-9(11,12)16-13-7(14)5-3-1-2-4-6(5)8(13)15;1-2-4-8-6-9-5-7(8)3-1/h3,6H,1-2,4H2;1-4,9H,5-6H2. The monoisotopic (exact) mass is 418 g/mol. The van der Waals surface area contributed by atoms with E-state index >= 15 is 0 Å². The Morgan fingerprint density at radius 3 is 2.32 bits per heavy atom. The minimum absolute atomic E-state index is 0.271. The molecule has 2 aliphatic heterocycles. The number of fused-ring (bicyclic) bond motifs is 2. The van der Waals surface area contributed by atoms with Gasteiger partial charge in [-0.25, -0.2) is 4.31 Å². The second-order valence-corrected chi connectivity index (χ2v) is 10.1. The van der Waals surface area contributed by atoms with Crippen molar-refractivity contribution in [3.05, 3.63) is 47.0 Å². The number of nitrogens with one attached hydrogen (secondary N) is 1. The summed E-state index contributed by atoms with van der Waals surface area (Å²) >= 11 is 17.3. The number of amides is 2. The molecule has 0 saturated carbocycles. The fraction of sp³-hybridized carbons (Fsp3) is 0.412. The number of carbonyl (C=O) groups excluding carboxylic acids is 2. The Bertz CT molecular complexity index is 695. The van der Waals surface area contributed by atoms with E-state index < -0.39 is 3.12 Å². The van der Waals surface area contributed by atoms with Crippen LogP contribution in [0.5, 0.6) is 0 Å². The number of benzene rings is 1. The maximum atomic E-state index is 11.9. The number of carbonyl (C=O) groups is 2. The molecule has 1 fully saturated rings. The normalized spacial score (nSPS) is 22.1. The molecule has 1 unspecified atom stereocenters. The summed E-state index contributed by atoms with van der Waals surface area (Å²) in [6.45, 7) is 2.10. The first-order valence-electron chi connectivity index (χ1n) is 7.98. The van der Waals surface area contributed by atoms with E-state index in [9.17, 15) is 9.59 Å².